The van der Waals surface area contributed by atoms with Crippen LogP contribution in [0, 0.1) is 6.92 Å². The van der Waals surface area contributed by atoms with Crippen molar-refractivity contribution in [1.82, 2.24) is 0 Å². The third kappa shape index (κ3) is 15.8. The molecule has 274 valence electrons. The second-order valence-corrected chi connectivity index (χ2v) is 12.2. The number of halogens is 7. The van der Waals surface area contributed by atoms with E-state index in [2.05, 4.69) is 0 Å². The van der Waals surface area contributed by atoms with Crippen LogP contribution in [-0.4, -0.2) is 64.6 Å². The van der Waals surface area contributed by atoms with E-state index >= 15 is 0 Å². The van der Waals surface area contributed by atoms with E-state index in [4.69, 9.17) is 122 Å². The summed E-state index contributed by atoms with van der Waals surface area (Å²) in [6.07, 6.45) is 0. The molecule has 12 nitrogen and oxygen atoms in total. The summed E-state index contributed by atoms with van der Waals surface area (Å²) in [7, 11) is 1.34. The van der Waals surface area contributed by atoms with Crippen LogP contribution in [0.5, 0.6) is 17.2 Å². The predicted molar refractivity (Wildman–Crippen MR) is 197 cm³/mol. The van der Waals surface area contributed by atoms with Gasteiger partial charge in [-0.05, 0) is 73.2 Å². The lowest BCUT2D eigenvalue weighted by Crippen LogP contribution is -2.09. The number of nitrogen functional groups attached to an aromatic ring is 1. The third-order valence-corrected chi connectivity index (χ3v) is 7.52. The molecule has 0 radical (unpaired) electrons. The van der Waals surface area contributed by atoms with Crippen LogP contribution in [-0.2, 0) is 9.59 Å². The van der Waals surface area contributed by atoms with Crippen molar-refractivity contribution in [1.29, 1.82) is 0 Å². The van der Waals surface area contributed by atoms with E-state index in [9.17, 15) is 19.2 Å². The Bertz CT molecular complexity index is 1810. The van der Waals surface area contributed by atoms with Gasteiger partial charge in [0, 0.05) is 15.1 Å². The Morgan fingerprint density at radius 1 is 0.627 bits per heavy atom. The average Bonchev–Trinajstić information content (AvgIpc) is 3.03. The Morgan fingerprint density at radius 3 is 1.59 bits per heavy atom. The normalized spacial score (nSPS) is 9.75. The molecule has 0 aliphatic carbocycles. The molecule has 0 aliphatic heterocycles. The van der Waals surface area contributed by atoms with E-state index in [1.807, 2.05) is 6.92 Å². The van der Waals surface area contributed by atoms with Crippen molar-refractivity contribution in [2.75, 3.05) is 26.1 Å². The van der Waals surface area contributed by atoms with Crippen LogP contribution in [0.2, 0.25) is 35.2 Å². The number of carbonyl (C=O) groups is 4. The lowest BCUT2D eigenvalue weighted by atomic mass is 10.2. The van der Waals surface area contributed by atoms with Crippen molar-refractivity contribution in [2.24, 2.45) is 0 Å². The van der Waals surface area contributed by atoms with Crippen LogP contribution in [0.25, 0.3) is 0 Å². The molecule has 0 unspecified atom stereocenters. The first kappa shape index (κ1) is 45.0. The predicted octanol–water partition coefficient (Wildman–Crippen LogP) is 9.54. The van der Waals surface area contributed by atoms with E-state index < -0.39 is 30.5 Å². The highest BCUT2D eigenvalue weighted by Gasteiger charge is 2.18. The summed E-state index contributed by atoms with van der Waals surface area (Å²) in [4.78, 5) is 41.6. The number of carboxylic acids is 4. The fourth-order valence-electron chi connectivity index (χ4n) is 3.34. The van der Waals surface area contributed by atoms with E-state index in [-0.39, 0.29) is 49.3 Å². The van der Waals surface area contributed by atoms with Gasteiger partial charge in [-0.25, -0.2) is 19.2 Å². The van der Waals surface area contributed by atoms with Crippen molar-refractivity contribution in [2.45, 2.75) is 6.92 Å². The van der Waals surface area contributed by atoms with E-state index in [0.717, 1.165) is 5.56 Å². The Morgan fingerprint density at radius 2 is 1.14 bits per heavy atom. The van der Waals surface area contributed by atoms with E-state index in [1.54, 1.807) is 24.3 Å². The fraction of sp³-hybridized carbons (Fsp3) is 0.125. The van der Waals surface area contributed by atoms with Gasteiger partial charge in [-0.2, -0.15) is 0 Å². The first-order valence-electron chi connectivity index (χ1n) is 13.4. The molecule has 0 saturated heterocycles. The molecule has 0 aromatic heterocycles. The highest BCUT2D eigenvalue weighted by atomic mass is 35.5. The Balaban J connectivity index is 0.000000340. The van der Waals surface area contributed by atoms with Crippen LogP contribution in [0.15, 0.2) is 60.7 Å². The van der Waals surface area contributed by atoms with E-state index in [1.165, 1.54) is 43.5 Å². The number of carboxylic acid groups (broad SMARTS) is 4. The minimum Gasteiger partial charge on any atom is -0.494 e. The van der Waals surface area contributed by atoms with Gasteiger partial charge in [-0.3, -0.25) is 0 Å². The van der Waals surface area contributed by atoms with Gasteiger partial charge in [0.05, 0.1) is 38.5 Å². The van der Waals surface area contributed by atoms with Gasteiger partial charge in [-0.1, -0.05) is 81.2 Å². The average molecular weight is 849 g/mol. The molecule has 0 spiro atoms. The number of nitrogens with two attached hydrogens (primary N) is 1. The Hall–Kier alpha value is -4.01. The number of hydrogen-bond donors (Lipinski definition) is 5. The Labute approximate surface area is 325 Å². The fourth-order valence-corrected chi connectivity index (χ4v) is 4.91. The van der Waals surface area contributed by atoms with Crippen molar-refractivity contribution in [3.05, 3.63) is 113 Å². The third-order valence-electron chi connectivity index (χ3n) is 5.51. The monoisotopic (exact) mass is 845 g/mol. The van der Waals surface area contributed by atoms with Crippen molar-refractivity contribution in [3.8, 4) is 17.2 Å². The lowest BCUT2D eigenvalue weighted by molar-refractivity contribution is -0.140. The number of ether oxygens (including phenoxy) is 3. The van der Waals surface area contributed by atoms with Crippen LogP contribution >= 0.6 is 81.2 Å². The van der Waals surface area contributed by atoms with E-state index in [0.29, 0.717) is 26.6 Å². The maximum Gasteiger partial charge on any atom is 0.341 e. The molecule has 0 fully saturated rings. The van der Waals surface area contributed by atoms with Crippen LogP contribution in [0.3, 0.4) is 0 Å². The quantitative estimate of drug-likeness (QED) is 0.100. The summed E-state index contributed by atoms with van der Waals surface area (Å²) in [6, 6.07) is 15.2. The summed E-state index contributed by atoms with van der Waals surface area (Å²) in [5.74, 6) is -3.40. The number of benzene rings is 4. The minimum atomic E-state index is -1.16. The molecule has 0 saturated carbocycles. The molecule has 0 atom stereocenters. The number of hydrogen-bond acceptors (Lipinski definition) is 8. The maximum atomic E-state index is 10.7. The molecule has 4 rings (SSSR count). The maximum absolute atomic E-state index is 10.7. The molecule has 6 N–H and O–H groups in total. The molecular formula is C32H26Cl7NO11. The standard InChI is InChI=1S/C9H9ClO3.2C8H6Cl2O3.C7H5Cl2NO2/c1-6-4-7(10)2-3-8(6)13-5-9(11)12;1-13-7-5(10)3-2-4(9)6(7)8(11)12;9-5-1-2-7(6(10)3-5)13-4-8(11)12;8-3-1-4(7(11)12)6(9)5(10)2-3/h2-4H,5H2,1H3,(H,11,12);2-3H,1H3,(H,11,12);1-3H,4H2,(H,11,12);1-2H,10H2,(H,11,12). The summed E-state index contributed by atoms with van der Waals surface area (Å²) in [5.41, 5.74) is 6.18. The minimum absolute atomic E-state index is 0.0203. The van der Waals surface area contributed by atoms with Crippen molar-refractivity contribution < 1.29 is 53.8 Å². The highest BCUT2D eigenvalue weighted by molar-refractivity contribution is 6.38. The molecule has 4 aromatic rings. The number of rotatable bonds is 9. The number of methoxy groups -OCH3 is 1. The smallest absolute Gasteiger partial charge is 0.341 e. The van der Waals surface area contributed by atoms with Gasteiger partial charge in [0.25, 0.3) is 0 Å². The van der Waals surface area contributed by atoms with Crippen LogP contribution < -0.4 is 19.9 Å². The first-order valence-corrected chi connectivity index (χ1v) is 16.1. The number of aryl methyl sites for hydroxylation is 1. The molecule has 0 heterocycles. The topological polar surface area (TPSA) is 203 Å². The summed E-state index contributed by atoms with van der Waals surface area (Å²) < 4.78 is 14.7. The molecule has 0 aliphatic rings. The summed E-state index contributed by atoms with van der Waals surface area (Å²) >= 11 is 39.6. The number of aliphatic carboxylic acids is 2. The number of aromatic carboxylic acids is 2. The highest BCUT2D eigenvalue weighted by Crippen LogP contribution is 2.33. The van der Waals surface area contributed by atoms with Gasteiger partial charge in [-0.15, -0.1) is 0 Å². The van der Waals surface area contributed by atoms with Gasteiger partial charge in [0.1, 0.15) is 17.1 Å². The number of anilines is 1. The second-order valence-electron chi connectivity index (χ2n) is 9.25. The first-order chi connectivity index (χ1) is 23.8. The van der Waals surface area contributed by atoms with Crippen molar-refractivity contribution in [3.63, 3.8) is 0 Å². The zero-order valence-electron chi connectivity index (χ0n) is 26.1. The zero-order chi connectivity index (χ0) is 39.0. The molecular weight excluding hydrogens is 823 g/mol. The lowest BCUT2D eigenvalue weighted by Gasteiger charge is -2.07. The summed E-state index contributed by atoms with van der Waals surface area (Å²) in [5, 5.41) is 36.1. The molecule has 0 amide bonds. The molecule has 19 heteroatoms. The van der Waals surface area contributed by atoms with Gasteiger partial charge >= 0.3 is 23.9 Å². The Kier molecular flexibility index (Phi) is 19.5. The molecule has 4 aromatic carbocycles. The summed E-state index contributed by atoms with van der Waals surface area (Å²) in [6.45, 7) is 1.06. The van der Waals surface area contributed by atoms with Gasteiger partial charge < -0.3 is 40.4 Å². The van der Waals surface area contributed by atoms with Crippen molar-refractivity contribution >= 4 is 111 Å². The van der Waals surface area contributed by atoms with Gasteiger partial charge in [0.15, 0.2) is 19.0 Å². The second kappa shape index (κ2) is 22.0. The van der Waals surface area contributed by atoms with Crippen LogP contribution in [0.1, 0.15) is 26.3 Å². The molecule has 0 bridgehead atoms. The molecule has 51 heavy (non-hydrogen) atoms. The van der Waals surface area contributed by atoms with Gasteiger partial charge in [0.2, 0.25) is 0 Å². The SMILES string of the molecule is COc1c(Cl)ccc(Cl)c1C(=O)O.Cc1cc(Cl)ccc1OCC(=O)O.Nc1cc(Cl)cc(C(=O)O)c1Cl.O=C(O)COc1ccc(Cl)cc1Cl. The largest absolute Gasteiger partial charge is 0.494 e. The van der Waals surface area contributed by atoms with Crippen LogP contribution in [0.4, 0.5) is 5.69 Å². The zero-order valence-corrected chi connectivity index (χ0v) is 31.3.